The van der Waals surface area contributed by atoms with Gasteiger partial charge in [-0.15, -0.1) is 0 Å². The molecule has 0 saturated heterocycles. The molecule has 0 aromatic carbocycles. The maximum Gasteiger partial charge on any atom is 0.472 e. The summed E-state index contributed by atoms with van der Waals surface area (Å²) >= 11 is 0. The Bertz CT molecular complexity index is 1050. The zero-order valence-electron chi connectivity index (χ0n) is 33.9. The van der Waals surface area contributed by atoms with E-state index in [1.54, 1.807) is 0 Å². The molecule has 0 amide bonds. The van der Waals surface area contributed by atoms with E-state index in [4.69, 9.17) is 23.6 Å². The van der Waals surface area contributed by atoms with Crippen molar-refractivity contribution in [2.45, 2.75) is 154 Å². The number of carbonyl (C=O) groups excluding carboxylic acids is 2. The lowest BCUT2D eigenvalue weighted by molar-refractivity contribution is -0.870. The van der Waals surface area contributed by atoms with Crippen molar-refractivity contribution in [2.24, 2.45) is 0 Å². The number of nitrogens with zero attached hydrogens (tertiary/aromatic N) is 1. The number of phosphoric ester groups is 1. The summed E-state index contributed by atoms with van der Waals surface area (Å²) in [6.07, 6.45) is 37.5. The first-order valence-corrected chi connectivity index (χ1v) is 22.0. The second kappa shape index (κ2) is 35.6. The van der Waals surface area contributed by atoms with Crippen molar-refractivity contribution >= 4 is 19.8 Å². The minimum atomic E-state index is -4.39. The van der Waals surface area contributed by atoms with Crippen LogP contribution in [-0.4, -0.2) is 86.6 Å². The first-order valence-electron chi connectivity index (χ1n) is 20.5. The van der Waals surface area contributed by atoms with Crippen LogP contribution in [0.25, 0.3) is 0 Å². The number of hydrogen-bond acceptors (Lipinski definition) is 8. The van der Waals surface area contributed by atoms with Crippen molar-refractivity contribution in [3.05, 3.63) is 48.6 Å². The van der Waals surface area contributed by atoms with E-state index in [0.717, 1.165) is 70.6 Å². The molecule has 0 aliphatic heterocycles. The van der Waals surface area contributed by atoms with Crippen molar-refractivity contribution in [3.8, 4) is 0 Å². The van der Waals surface area contributed by atoms with E-state index < -0.39 is 32.5 Å². The first-order chi connectivity index (χ1) is 25.5. The summed E-state index contributed by atoms with van der Waals surface area (Å²) < 4.78 is 34.1. The summed E-state index contributed by atoms with van der Waals surface area (Å²) in [5, 5.41) is 8.79. The van der Waals surface area contributed by atoms with E-state index >= 15 is 0 Å². The van der Waals surface area contributed by atoms with Gasteiger partial charge in [-0.2, -0.15) is 0 Å². The highest BCUT2D eigenvalue weighted by Crippen LogP contribution is 2.43. The quantitative estimate of drug-likeness (QED) is 0.0209. The summed E-state index contributed by atoms with van der Waals surface area (Å²) in [5.41, 5.74) is 0. The molecule has 53 heavy (non-hydrogen) atoms. The van der Waals surface area contributed by atoms with Crippen molar-refractivity contribution < 1.29 is 47.2 Å². The number of likely N-dealkylation sites (N-methyl/N-ethyl adjacent to an activating group) is 1. The molecule has 0 heterocycles. The summed E-state index contributed by atoms with van der Waals surface area (Å²) in [6, 6.07) is 0. The molecule has 0 spiro atoms. The molecule has 0 saturated carbocycles. The highest BCUT2D eigenvalue weighted by molar-refractivity contribution is 7.47. The lowest BCUT2D eigenvalue weighted by atomic mass is 10.1. The number of rotatable bonds is 37. The summed E-state index contributed by atoms with van der Waals surface area (Å²) in [5.74, 6) is -0.881. The number of esters is 2. The van der Waals surface area contributed by atoms with Crippen LogP contribution in [0.4, 0.5) is 0 Å². The van der Waals surface area contributed by atoms with Crippen molar-refractivity contribution in [3.63, 3.8) is 0 Å². The second-order valence-corrected chi connectivity index (χ2v) is 16.2. The molecule has 0 aliphatic rings. The molecule has 0 aliphatic carbocycles. The zero-order chi connectivity index (χ0) is 39.3. The number of unbranched alkanes of at least 4 members (excludes halogenated alkanes) is 14. The molecule has 0 bridgehead atoms. The van der Waals surface area contributed by atoms with Gasteiger partial charge in [-0.3, -0.25) is 18.6 Å². The molecule has 0 radical (unpaired) electrons. The standard InChI is InChI=1S/C42H76NO9P/c1-5-6-7-8-9-10-18-22-25-28-31-34-42(46)52-40(39-51-53(47,48)50-37-35-43(2,3)4)38-49-41(45)33-30-27-24-21-19-16-14-12-11-13-15-17-20-23-26-29-32-36-44/h11,13-14,16-17,20-21,24,40,44H,5-10,12,15,18-19,22-23,25-39H2,1-4H3/p+1/b13-11-,16-14-,20-17-,24-21-/t40-/m1/s1. The van der Waals surface area contributed by atoms with E-state index in [1.807, 2.05) is 27.2 Å². The molecule has 0 fully saturated rings. The predicted molar refractivity (Wildman–Crippen MR) is 216 cm³/mol. The van der Waals surface area contributed by atoms with E-state index in [0.29, 0.717) is 23.9 Å². The monoisotopic (exact) mass is 771 g/mol. The Labute approximate surface area is 323 Å². The number of carbonyl (C=O) groups is 2. The third-order valence-corrected chi connectivity index (χ3v) is 9.40. The second-order valence-electron chi connectivity index (χ2n) is 14.7. The normalized spacial score (nSPS) is 14.2. The molecular weight excluding hydrogens is 693 g/mol. The maximum atomic E-state index is 12.6. The Morgan fingerprint density at radius 2 is 1.11 bits per heavy atom. The summed E-state index contributed by atoms with van der Waals surface area (Å²) in [7, 11) is 1.43. The summed E-state index contributed by atoms with van der Waals surface area (Å²) in [4.78, 5) is 35.2. The Balaban J connectivity index is 4.47. The van der Waals surface area contributed by atoms with Crippen LogP contribution in [0, 0.1) is 0 Å². The summed E-state index contributed by atoms with van der Waals surface area (Å²) in [6.45, 7) is 2.33. The smallest absolute Gasteiger partial charge is 0.462 e. The number of quaternary nitrogens is 1. The van der Waals surface area contributed by atoms with Crippen molar-refractivity contribution in [2.75, 3.05) is 54.1 Å². The first kappa shape index (κ1) is 50.9. The Morgan fingerprint density at radius 1 is 0.623 bits per heavy atom. The van der Waals surface area contributed by atoms with Crippen LogP contribution < -0.4 is 0 Å². The minimum absolute atomic E-state index is 0.0181. The molecular formula is C42H77NO9P+. The number of phosphoric acid groups is 1. The Hall–Kier alpha value is -2.07. The van der Waals surface area contributed by atoms with Crippen LogP contribution in [0.5, 0.6) is 0 Å². The van der Waals surface area contributed by atoms with Crippen LogP contribution >= 0.6 is 7.82 Å². The number of aliphatic hydroxyl groups excluding tert-OH is 1. The molecule has 0 aromatic rings. The van der Waals surface area contributed by atoms with Gasteiger partial charge < -0.3 is 24.0 Å². The third kappa shape index (κ3) is 39.4. The average molecular weight is 771 g/mol. The van der Waals surface area contributed by atoms with Gasteiger partial charge >= 0.3 is 19.8 Å². The fourth-order valence-electron chi connectivity index (χ4n) is 5.16. The maximum absolute atomic E-state index is 12.6. The van der Waals surface area contributed by atoms with Crippen molar-refractivity contribution in [1.82, 2.24) is 0 Å². The highest BCUT2D eigenvalue weighted by Gasteiger charge is 2.27. The highest BCUT2D eigenvalue weighted by atomic mass is 31.2. The van der Waals surface area contributed by atoms with E-state index in [9.17, 15) is 19.0 Å². The van der Waals surface area contributed by atoms with Gasteiger partial charge in [0.15, 0.2) is 6.10 Å². The molecule has 0 rings (SSSR count). The largest absolute Gasteiger partial charge is 0.472 e. The van der Waals surface area contributed by atoms with E-state index in [2.05, 4.69) is 49.5 Å². The van der Waals surface area contributed by atoms with Gasteiger partial charge in [0, 0.05) is 19.4 Å². The van der Waals surface area contributed by atoms with Crippen LogP contribution in [-0.2, 0) is 32.7 Å². The number of hydrogen-bond donors (Lipinski definition) is 2. The fourth-order valence-corrected chi connectivity index (χ4v) is 5.90. The lowest BCUT2D eigenvalue weighted by Crippen LogP contribution is -2.37. The van der Waals surface area contributed by atoms with Gasteiger partial charge in [0.2, 0.25) is 0 Å². The SMILES string of the molecule is CCCCCCCCCCCCCC(=O)O[C@H](COC(=O)CCC/C=C\C/C=C\C/C=C\C/C=C\CCCCCO)COP(=O)(O)OCC[N+](C)(C)C. The number of allylic oxidation sites excluding steroid dienone is 8. The molecule has 1 unspecified atom stereocenters. The average Bonchev–Trinajstić information content (AvgIpc) is 3.10. The Kier molecular flexibility index (Phi) is 34.2. The molecule has 2 atom stereocenters. The van der Waals surface area contributed by atoms with Gasteiger partial charge in [-0.1, -0.05) is 126 Å². The van der Waals surface area contributed by atoms with Gasteiger partial charge in [-0.05, 0) is 57.8 Å². The lowest BCUT2D eigenvalue weighted by Gasteiger charge is -2.24. The fraction of sp³-hybridized carbons (Fsp3) is 0.762. The molecule has 0 aromatic heterocycles. The van der Waals surface area contributed by atoms with Crippen LogP contribution in [0.15, 0.2) is 48.6 Å². The molecule has 2 N–H and O–H groups in total. The third-order valence-electron chi connectivity index (χ3n) is 8.42. The molecule has 11 heteroatoms. The van der Waals surface area contributed by atoms with Crippen molar-refractivity contribution in [1.29, 1.82) is 0 Å². The topological polar surface area (TPSA) is 129 Å². The predicted octanol–water partition coefficient (Wildman–Crippen LogP) is 10.1. The van der Waals surface area contributed by atoms with E-state index in [-0.39, 0.29) is 32.7 Å². The number of aliphatic hydroxyl groups is 1. The van der Waals surface area contributed by atoms with E-state index in [1.165, 1.54) is 44.9 Å². The molecule has 10 nitrogen and oxygen atoms in total. The number of ether oxygens (including phenoxy) is 2. The van der Waals surface area contributed by atoms with Gasteiger partial charge in [0.05, 0.1) is 27.7 Å². The zero-order valence-corrected chi connectivity index (χ0v) is 34.8. The molecule has 308 valence electrons. The van der Waals surface area contributed by atoms with Gasteiger partial charge in [0.25, 0.3) is 0 Å². The Morgan fingerprint density at radius 3 is 1.66 bits per heavy atom. The van der Waals surface area contributed by atoms with Gasteiger partial charge in [0.1, 0.15) is 19.8 Å². The van der Waals surface area contributed by atoms with Gasteiger partial charge in [-0.25, -0.2) is 4.57 Å². The van der Waals surface area contributed by atoms with Crippen LogP contribution in [0.2, 0.25) is 0 Å². The van der Waals surface area contributed by atoms with Crippen LogP contribution in [0.3, 0.4) is 0 Å². The van der Waals surface area contributed by atoms with Crippen LogP contribution in [0.1, 0.15) is 148 Å². The minimum Gasteiger partial charge on any atom is -0.462 e.